The minimum absolute atomic E-state index is 0.226. The summed E-state index contributed by atoms with van der Waals surface area (Å²) in [6.07, 6.45) is -5.48. The SMILES string of the molecule is [CH2]C(NC=O)OC(C)(C)C(F)(F)F. The van der Waals surface area contributed by atoms with Crippen LogP contribution in [0.2, 0.25) is 0 Å². The normalized spacial score (nSPS) is 15.2. The second kappa shape index (κ2) is 3.95. The van der Waals surface area contributed by atoms with E-state index < -0.39 is 18.0 Å². The molecule has 0 saturated carbocycles. The van der Waals surface area contributed by atoms with Crippen LogP contribution in [0.25, 0.3) is 0 Å². The van der Waals surface area contributed by atoms with E-state index in [1.807, 2.05) is 5.32 Å². The Morgan fingerprint density at radius 3 is 2.23 bits per heavy atom. The molecule has 13 heavy (non-hydrogen) atoms. The zero-order valence-corrected chi connectivity index (χ0v) is 7.31. The first kappa shape index (κ1) is 12.2. The smallest absolute Gasteiger partial charge is 0.343 e. The van der Waals surface area contributed by atoms with Crippen LogP contribution in [0.5, 0.6) is 0 Å². The van der Waals surface area contributed by atoms with Crippen LogP contribution < -0.4 is 5.32 Å². The van der Waals surface area contributed by atoms with Gasteiger partial charge in [-0.1, -0.05) is 0 Å². The molecule has 0 aromatic rings. The topological polar surface area (TPSA) is 38.3 Å². The second-order valence-electron chi connectivity index (χ2n) is 2.90. The zero-order valence-electron chi connectivity index (χ0n) is 7.31. The molecule has 0 bridgehead atoms. The molecule has 0 aliphatic carbocycles. The number of ether oxygens (including phenoxy) is 1. The predicted molar refractivity (Wildman–Crippen MR) is 39.6 cm³/mol. The summed E-state index contributed by atoms with van der Waals surface area (Å²) in [7, 11) is 0. The lowest BCUT2D eigenvalue weighted by Gasteiger charge is -2.30. The molecule has 0 saturated heterocycles. The summed E-state index contributed by atoms with van der Waals surface area (Å²) in [5.74, 6) is 0. The monoisotopic (exact) mass is 198 g/mol. The summed E-state index contributed by atoms with van der Waals surface area (Å²) in [6, 6.07) is 0. The number of carbonyl (C=O) groups excluding carboxylic acids is 1. The van der Waals surface area contributed by atoms with Crippen molar-refractivity contribution in [2.75, 3.05) is 0 Å². The number of alkyl halides is 3. The van der Waals surface area contributed by atoms with Crippen molar-refractivity contribution in [1.82, 2.24) is 5.32 Å². The molecule has 0 aromatic heterocycles. The molecule has 0 aliphatic heterocycles. The van der Waals surface area contributed by atoms with Crippen LogP contribution in [0.15, 0.2) is 0 Å². The third-order valence-corrected chi connectivity index (χ3v) is 1.37. The van der Waals surface area contributed by atoms with Gasteiger partial charge in [-0.15, -0.1) is 0 Å². The van der Waals surface area contributed by atoms with Gasteiger partial charge >= 0.3 is 6.18 Å². The largest absolute Gasteiger partial charge is 0.416 e. The molecule has 0 spiro atoms. The fourth-order valence-electron chi connectivity index (χ4n) is 0.532. The zero-order chi connectivity index (χ0) is 10.7. The Morgan fingerprint density at radius 1 is 1.46 bits per heavy atom. The molecule has 1 radical (unpaired) electrons. The van der Waals surface area contributed by atoms with Gasteiger partial charge in [0, 0.05) is 0 Å². The minimum atomic E-state index is -4.49. The Hall–Kier alpha value is -0.780. The maximum Gasteiger partial charge on any atom is 0.416 e. The molecule has 0 heterocycles. The summed E-state index contributed by atoms with van der Waals surface area (Å²) in [5, 5.41) is 1.96. The van der Waals surface area contributed by atoms with Crippen LogP contribution in [-0.2, 0) is 9.53 Å². The Morgan fingerprint density at radius 2 is 1.92 bits per heavy atom. The van der Waals surface area contributed by atoms with E-state index in [1.165, 1.54) is 0 Å². The van der Waals surface area contributed by atoms with Gasteiger partial charge in [-0.25, -0.2) is 0 Å². The van der Waals surface area contributed by atoms with Crippen LogP contribution in [0.4, 0.5) is 13.2 Å². The summed E-state index contributed by atoms with van der Waals surface area (Å²) < 4.78 is 41.0. The van der Waals surface area contributed by atoms with Crippen molar-refractivity contribution in [1.29, 1.82) is 0 Å². The summed E-state index contributed by atoms with van der Waals surface area (Å²) in [4.78, 5) is 9.84. The number of hydrogen-bond acceptors (Lipinski definition) is 2. The van der Waals surface area contributed by atoms with Gasteiger partial charge in [0.1, 0.15) is 6.23 Å². The Labute approximate surface area is 74.3 Å². The van der Waals surface area contributed by atoms with E-state index in [0.29, 0.717) is 0 Å². The van der Waals surface area contributed by atoms with E-state index >= 15 is 0 Å². The van der Waals surface area contributed by atoms with Crippen LogP contribution in [-0.4, -0.2) is 24.4 Å². The van der Waals surface area contributed by atoms with Crippen molar-refractivity contribution < 1.29 is 22.7 Å². The van der Waals surface area contributed by atoms with Crippen molar-refractivity contribution in [3.05, 3.63) is 6.92 Å². The molecule has 3 nitrogen and oxygen atoms in total. The maximum atomic E-state index is 12.2. The van der Waals surface area contributed by atoms with Gasteiger partial charge in [0.05, 0.1) is 0 Å². The second-order valence-corrected chi connectivity index (χ2v) is 2.90. The molecular formula is C7H11F3NO2. The molecule has 1 amide bonds. The lowest BCUT2D eigenvalue weighted by atomic mass is 10.1. The first-order valence-electron chi connectivity index (χ1n) is 3.48. The van der Waals surface area contributed by atoms with Crippen molar-refractivity contribution in [3.8, 4) is 0 Å². The summed E-state index contributed by atoms with van der Waals surface area (Å²) in [6.45, 7) is 4.88. The predicted octanol–water partition coefficient (Wildman–Crippen LogP) is 1.25. The van der Waals surface area contributed by atoms with Gasteiger partial charge < -0.3 is 10.1 Å². The minimum Gasteiger partial charge on any atom is -0.343 e. The van der Waals surface area contributed by atoms with Crippen molar-refractivity contribution >= 4 is 6.41 Å². The molecule has 0 aromatic carbocycles. The number of carbonyl (C=O) groups is 1. The Kier molecular flexibility index (Phi) is 3.71. The van der Waals surface area contributed by atoms with E-state index in [0.717, 1.165) is 13.8 Å². The fraction of sp³-hybridized carbons (Fsp3) is 0.714. The highest BCUT2D eigenvalue weighted by Crippen LogP contribution is 2.33. The molecule has 1 atom stereocenters. The highest BCUT2D eigenvalue weighted by atomic mass is 19.4. The van der Waals surface area contributed by atoms with E-state index in [9.17, 15) is 18.0 Å². The molecule has 1 N–H and O–H groups in total. The van der Waals surface area contributed by atoms with Crippen molar-refractivity contribution in [2.45, 2.75) is 31.9 Å². The first-order chi connectivity index (χ1) is 5.70. The van der Waals surface area contributed by atoms with Crippen LogP contribution in [0, 0.1) is 6.92 Å². The average molecular weight is 198 g/mol. The third kappa shape index (κ3) is 3.63. The Balaban J connectivity index is 4.24. The van der Waals surface area contributed by atoms with Gasteiger partial charge in [0.15, 0.2) is 5.60 Å². The lowest BCUT2D eigenvalue weighted by molar-refractivity contribution is -0.274. The number of halogens is 3. The lowest BCUT2D eigenvalue weighted by Crippen LogP contribution is -2.47. The van der Waals surface area contributed by atoms with Crippen LogP contribution in [0.1, 0.15) is 13.8 Å². The highest BCUT2D eigenvalue weighted by molar-refractivity contribution is 5.46. The molecule has 0 fully saturated rings. The first-order valence-corrected chi connectivity index (χ1v) is 3.48. The molecule has 6 heteroatoms. The fourth-order valence-corrected chi connectivity index (χ4v) is 0.532. The van der Waals surface area contributed by atoms with Gasteiger partial charge in [-0.3, -0.25) is 4.79 Å². The quantitative estimate of drug-likeness (QED) is 0.545. The van der Waals surface area contributed by atoms with Gasteiger partial charge in [0.2, 0.25) is 6.41 Å². The van der Waals surface area contributed by atoms with E-state index in [4.69, 9.17) is 0 Å². The number of nitrogens with one attached hydrogen (secondary N) is 1. The van der Waals surface area contributed by atoms with Crippen LogP contribution >= 0.6 is 0 Å². The molecule has 0 aliphatic rings. The van der Waals surface area contributed by atoms with E-state index in [2.05, 4.69) is 11.7 Å². The maximum absolute atomic E-state index is 12.2. The summed E-state index contributed by atoms with van der Waals surface area (Å²) >= 11 is 0. The summed E-state index contributed by atoms with van der Waals surface area (Å²) in [5.41, 5.74) is -2.32. The number of rotatable bonds is 4. The van der Waals surface area contributed by atoms with Gasteiger partial charge in [-0.05, 0) is 20.8 Å². The van der Waals surface area contributed by atoms with E-state index in [-0.39, 0.29) is 6.41 Å². The Bertz CT molecular complexity index is 179. The molecule has 77 valence electrons. The van der Waals surface area contributed by atoms with Crippen molar-refractivity contribution in [3.63, 3.8) is 0 Å². The average Bonchev–Trinajstić information content (AvgIpc) is 1.83. The van der Waals surface area contributed by atoms with Gasteiger partial charge in [0.25, 0.3) is 0 Å². The molecular weight excluding hydrogens is 187 g/mol. The number of amides is 1. The van der Waals surface area contributed by atoms with E-state index in [1.54, 1.807) is 0 Å². The van der Waals surface area contributed by atoms with Crippen molar-refractivity contribution in [2.24, 2.45) is 0 Å². The molecule has 0 rings (SSSR count). The highest BCUT2D eigenvalue weighted by Gasteiger charge is 2.49. The van der Waals surface area contributed by atoms with Crippen LogP contribution in [0.3, 0.4) is 0 Å². The molecule has 1 unspecified atom stereocenters. The third-order valence-electron chi connectivity index (χ3n) is 1.37. The standard InChI is InChI=1S/C7H11F3NO2/c1-5(11-4-12)13-6(2,3)7(8,9)10/h4-5H,1H2,2-3H3,(H,11,12). The number of hydrogen-bond donors (Lipinski definition) is 1. The van der Waals surface area contributed by atoms with Gasteiger partial charge in [-0.2, -0.15) is 13.2 Å².